The van der Waals surface area contributed by atoms with Gasteiger partial charge in [0.1, 0.15) is 96.1 Å². The van der Waals surface area contributed by atoms with Crippen molar-refractivity contribution in [2.45, 2.75) is 127 Å². The van der Waals surface area contributed by atoms with E-state index in [4.69, 9.17) is 46.0 Å². The first-order valence-electron chi connectivity index (χ1n) is 39.5. The van der Waals surface area contributed by atoms with E-state index in [-0.39, 0.29) is 35.6 Å². The number of aryl methyl sites for hydroxylation is 10. The Morgan fingerprint density at radius 1 is 0.385 bits per heavy atom. The van der Waals surface area contributed by atoms with Crippen molar-refractivity contribution in [3.05, 3.63) is 390 Å². The van der Waals surface area contributed by atoms with Gasteiger partial charge in [0.25, 0.3) is 0 Å². The molecule has 7 aromatic heterocycles. The van der Waals surface area contributed by atoms with Crippen LogP contribution in [0.2, 0.25) is 0 Å². The summed E-state index contributed by atoms with van der Waals surface area (Å²) in [5.41, 5.74) is 32.7. The average Bonchev–Trinajstić information content (AvgIpc) is 1.68. The number of carbonyl (C=O) groups is 2. The first-order chi connectivity index (χ1) is 58.4. The molecule has 14 aromatic rings. The minimum atomic E-state index is -0.192. The van der Waals surface area contributed by atoms with E-state index in [9.17, 15) is 22.8 Å². The lowest BCUT2D eigenvalue weighted by Gasteiger charge is -2.13. The van der Waals surface area contributed by atoms with E-state index in [0.29, 0.717) is 55.3 Å². The fraction of sp³-hybridized carbons (Fsp3) is 0.224. The van der Waals surface area contributed by atoms with Crippen LogP contribution >= 0.6 is 28.3 Å². The highest BCUT2D eigenvalue weighted by atomic mass is 79.9. The molecule has 0 aliphatic carbocycles. The maximum Gasteiger partial charge on any atom is 0.150 e. The van der Waals surface area contributed by atoms with Crippen LogP contribution < -0.4 is 42.2 Å². The number of rotatable bonds is 27. The summed E-state index contributed by atoms with van der Waals surface area (Å²) in [6.45, 7) is 25.5. The second-order valence-corrected chi connectivity index (χ2v) is 29.4. The molecule has 0 bridgehead atoms. The summed E-state index contributed by atoms with van der Waals surface area (Å²) in [6.07, 6.45) is 3.83. The number of nitrogens with one attached hydrogen (secondary N) is 2. The Morgan fingerprint density at radius 2 is 0.705 bits per heavy atom. The molecule has 0 aliphatic rings. The van der Waals surface area contributed by atoms with Crippen LogP contribution in [0.5, 0.6) is 23.0 Å². The van der Waals surface area contributed by atoms with E-state index in [1.165, 1.54) is 53.3 Å². The van der Waals surface area contributed by atoms with Crippen molar-refractivity contribution in [1.82, 2.24) is 44.3 Å². The van der Waals surface area contributed by atoms with Gasteiger partial charge in [0.2, 0.25) is 0 Å². The third-order valence-corrected chi connectivity index (χ3v) is 19.2. The SMILES string of the molecule is Cc1cc(CBr)nc(-n2c(C)ccc2C)c1.Cc1cc(COc2cccc(C=O)c2)nc(-n2c(C)ccc2C)c1.Cc1cc(COc2cccc(CNCCc3cccc(F)c3)c2)nc(-n2c(C)ccc2C)c1.Cc1cc(N)nc(COc2cccc(CNCCc3cccc(F)c3)c2)c1.Cl.NCCc1cccc(F)c1.NO.O=Cc1cccc(O)c1. The average molecular weight is 1740 g/mol. The normalized spacial score (nSPS) is 10.4. The van der Waals surface area contributed by atoms with Crippen molar-refractivity contribution in [2.75, 3.05) is 25.4 Å². The number of aromatic hydroxyl groups is 1. The summed E-state index contributed by atoms with van der Waals surface area (Å²) in [4.78, 5) is 39.4. The zero-order valence-electron chi connectivity index (χ0n) is 70.6. The molecular formula is C98H109BrClF3N12O7. The largest absolute Gasteiger partial charge is 0.508 e. The molecule has 0 amide bonds. The number of pyridine rings is 4. The number of ether oxygens (including phenoxy) is 3. The predicted molar refractivity (Wildman–Crippen MR) is 487 cm³/mol. The third kappa shape index (κ3) is 32.3. The van der Waals surface area contributed by atoms with Crippen LogP contribution in [-0.4, -0.2) is 76.2 Å². The van der Waals surface area contributed by atoms with Gasteiger partial charge in [-0.05, 0) is 328 Å². The zero-order chi connectivity index (χ0) is 87.2. The number of anilines is 1. The van der Waals surface area contributed by atoms with Gasteiger partial charge in [0.15, 0.2) is 0 Å². The molecule has 10 N–H and O–H groups in total. The zero-order valence-corrected chi connectivity index (χ0v) is 73.0. The van der Waals surface area contributed by atoms with E-state index in [2.05, 4.69) is 191 Å². The lowest BCUT2D eigenvalue weighted by Crippen LogP contribution is -2.16. The Hall–Kier alpha value is -12.3. The van der Waals surface area contributed by atoms with Crippen LogP contribution in [0.4, 0.5) is 19.0 Å². The third-order valence-electron chi connectivity index (χ3n) is 18.6. The molecule has 0 fully saturated rings. The maximum absolute atomic E-state index is 13.3. The van der Waals surface area contributed by atoms with Crippen LogP contribution in [0.25, 0.3) is 17.5 Å². The van der Waals surface area contributed by atoms with E-state index >= 15 is 0 Å². The van der Waals surface area contributed by atoms with Crippen LogP contribution in [-0.2, 0) is 57.5 Å². The van der Waals surface area contributed by atoms with Crippen molar-refractivity contribution in [3.8, 4) is 40.5 Å². The first-order valence-corrected chi connectivity index (χ1v) is 40.7. The summed E-state index contributed by atoms with van der Waals surface area (Å²) in [7, 11) is 0. The molecular weight excluding hydrogens is 1630 g/mol. The molecule has 7 heterocycles. The fourth-order valence-electron chi connectivity index (χ4n) is 13.1. The standard InChI is InChI=1S/C28H30FN3O.C22H24FN3O.C20H20N2O2.C13H15BrN2.C8H10FN.C7H6O2.ClH.H3NO/c1-20-14-26(31-28(15-20)32-21(2)10-11-22(32)3)19-33-27-9-5-7-24(17-27)18-30-13-12-23-6-4-8-25(29)16-23;1-16-10-20(26-22(24)11-16)15-27-21-7-3-5-18(13-21)14-25-9-8-17-4-2-6-19(23)12-17;1-14-9-18(13-24-19-6-4-5-17(11-19)12-23)21-20(10-14)22-15(2)7-8-16(22)3;1-9-6-12(8-14)15-13(7-9)16-10(2)4-5-11(16)3;9-8-3-1-2-7(6-8)4-5-10;8-5-6-2-1-3-7(9)4-6;;1-2/h4-11,14-17,30H,12-13,18-19H2,1-3H3;2-7,10-13,25H,8-9,14-15H2,1H3,(H2,24,26);4-12H,13H2,1-3H3;4-7H,8H2,1-3H3;1-3,6H,4-5,10H2;1-5,9H;1H;2H,1H2. The summed E-state index contributed by atoms with van der Waals surface area (Å²) >= 11 is 3.45. The summed E-state index contributed by atoms with van der Waals surface area (Å²) < 4.78 is 63.1. The van der Waals surface area contributed by atoms with Gasteiger partial charge in [-0.25, -0.2) is 39.0 Å². The number of phenolic OH excluding ortho intramolecular Hbond substituents is 1. The van der Waals surface area contributed by atoms with E-state index < -0.39 is 0 Å². The number of carbonyl (C=O) groups excluding carboxylic acids is 2. The Kier molecular flexibility index (Phi) is 40.2. The molecule has 122 heavy (non-hydrogen) atoms. The number of halogens is 5. The molecule has 0 saturated carbocycles. The molecule has 0 aliphatic heterocycles. The highest BCUT2D eigenvalue weighted by molar-refractivity contribution is 9.08. The van der Waals surface area contributed by atoms with Crippen LogP contribution in [0.3, 0.4) is 0 Å². The second kappa shape index (κ2) is 50.7. The summed E-state index contributed by atoms with van der Waals surface area (Å²) in [5.74, 6) is 8.66. The van der Waals surface area contributed by atoms with E-state index in [1.54, 1.807) is 60.7 Å². The molecule has 0 spiro atoms. The minimum absolute atomic E-state index is 0. The summed E-state index contributed by atoms with van der Waals surface area (Å²) in [5, 5.41) is 22.9. The quantitative estimate of drug-likeness (QED) is 0.0109. The van der Waals surface area contributed by atoms with Gasteiger partial charge in [-0.3, -0.25) is 9.59 Å². The van der Waals surface area contributed by atoms with Gasteiger partial charge in [-0.2, -0.15) is 0 Å². The molecule has 638 valence electrons. The number of benzene rings is 7. The van der Waals surface area contributed by atoms with E-state index in [0.717, 1.165) is 176 Å². The molecule has 0 atom stereocenters. The molecule has 7 aromatic carbocycles. The number of aromatic nitrogens is 7. The van der Waals surface area contributed by atoms with Crippen molar-refractivity contribution in [2.24, 2.45) is 11.6 Å². The number of nitrogens with two attached hydrogens (primary N) is 3. The number of hydrogen-bond acceptors (Lipinski definition) is 16. The van der Waals surface area contributed by atoms with Gasteiger partial charge in [0, 0.05) is 63.7 Å². The minimum Gasteiger partial charge on any atom is -0.508 e. The molecule has 0 unspecified atom stereocenters. The fourth-order valence-corrected chi connectivity index (χ4v) is 13.4. The van der Waals surface area contributed by atoms with Gasteiger partial charge >= 0.3 is 0 Å². The Morgan fingerprint density at radius 3 is 1.06 bits per heavy atom. The topological polar surface area (TPSA) is 271 Å². The monoisotopic (exact) mass is 1740 g/mol. The molecule has 0 saturated heterocycles. The van der Waals surface area contributed by atoms with Crippen molar-refractivity contribution in [3.63, 3.8) is 0 Å². The number of nitrogen functional groups attached to an aromatic ring is 1. The van der Waals surface area contributed by atoms with Crippen molar-refractivity contribution < 1.29 is 47.3 Å². The number of hydrogen-bond donors (Lipinski definition) is 7. The Labute approximate surface area is 728 Å². The van der Waals surface area contributed by atoms with Crippen LogP contribution in [0.1, 0.15) is 128 Å². The van der Waals surface area contributed by atoms with Gasteiger partial charge in [-0.15, -0.1) is 12.4 Å². The first kappa shape index (κ1) is 96.8. The highest BCUT2D eigenvalue weighted by Gasteiger charge is 2.13. The number of nitrogens with zero attached hydrogens (tertiary/aromatic N) is 7. The molecule has 14 rings (SSSR count). The van der Waals surface area contributed by atoms with Gasteiger partial charge < -0.3 is 60.3 Å². The van der Waals surface area contributed by atoms with Crippen LogP contribution in [0, 0.1) is 86.7 Å². The molecule has 0 radical (unpaired) electrons. The lowest BCUT2D eigenvalue weighted by atomic mass is 10.1. The second-order valence-electron chi connectivity index (χ2n) is 28.9. The Bertz CT molecular complexity index is 5550. The van der Waals surface area contributed by atoms with E-state index in [1.807, 2.05) is 91.9 Å². The van der Waals surface area contributed by atoms with Crippen molar-refractivity contribution >= 4 is 46.7 Å². The highest BCUT2D eigenvalue weighted by Crippen LogP contribution is 2.24. The lowest BCUT2D eigenvalue weighted by molar-refractivity contribution is 0.111. The smallest absolute Gasteiger partial charge is 0.150 e. The van der Waals surface area contributed by atoms with Gasteiger partial charge in [0.05, 0.1) is 22.8 Å². The number of alkyl halides is 1. The maximum atomic E-state index is 13.3. The molecule has 19 nitrogen and oxygen atoms in total. The van der Waals surface area contributed by atoms with Crippen LogP contribution in [0.15, 0.2) is 255 Å². The van der Waals surface area contributed by atoms with Crippen molar-refractivity contribution in [1.29, 1.82) is 0 Å². The number of aldehydes is 2. The van der Waals surface area contributed by atoms with Gasteiger partial charge in [-0.1, -0.05) is 101 Å². The summed E-state index contributed by atoms with van der Waals surface area (Å²) in [6, 6.07) is 78.2. The molecule has 24 heteroatoms. The number of phenols is 1. The Balaban J connectivity index is 0.000000210. The predicted octanol–water partition coefficient (Wildman–Crippen LogP) is 20.0.